The summed E-state index contributed by atoms with van der Waals surface area (Å²) in [5.74, 6) is 2.64. The molecular weight excluding hydrogens is 586 g/mol. The molecule has 3 N–H and O–H groups in total. The van der Waals surface area contributed by atoms with Gasteiger partial charge in [-0.15, -0.1) is 0 Å². The zero-order chi connectivity index (χ0) is 32.6. The summed E-state index contributed by atoms with van der Waals surface area (Å²) in [6.07, 6.45) is 13.1. The Bertz CT molecular complexity index is 1420. The molecule has 0 bridgehead atoms. The van der Waals surface area contributed by atoms with E-state index < -0.39 is 11.6 Å². The van der Waals surface area contributed by atoms with Gasteiger partial charge in [0.05, 0.1) is 5.60 Å². The Balaban J connectivity index is 0.963. The van der Waals surface area contributed by atoms with Gasteiger partial charge in [-0.2, -0.15) is 0 Å². The van der Waals surface area contributed by atoms with Crippen molar-refractivity contribution in [3.05, 3.63) is 65.2 Å². The van der Waals surface area contributed by atoms with Crippen LogP contribution in [0.2, 0.25) is 0 Å². The molecular formula is C40H55N3O4. The minimum atomic E-state index is -0.729. The van der Waals surface area contributed by atoms with Crippen molar-refractivity contribution in [2.45, 2.75) is 108 Å². The van der Waals surface area contributed by atoms with Crippen LogP contribution in [-0.4, -0.2) is 76.2 Å². The van der Waals surface area contributed by atoms with Gasteiger partial charge in [-0.1, -0.05) is 69.0 Å². The number of aliphatic hydroxyl groups is 1. The molecule has 0 unspecified atom stereocenters. The SMILES string of the molecule is C[C@]12CC[C@@H]3c4ccc(O)cc4CC[C@H]3[C@@H]1CC[C@@]2(O)CN1CCN(C(=O)[C@H](Cc2ccccc2)NC(=O)CCC2CCCC2)CC1. The second-order valence-electron chi connectivity index (χ2n) is 15.9. The Labute approximate surface area is 281 Å². The fourth-order valence-corrected chi connectivity index (χ4v) is 10.6. The number of aromatic hydroxyl groups is 1. The zero-order valence-corrected chi connectivity index (χ0v) is 28.3. The van der Waals surface area contributed by atoms with Crippen LogP contribution in [0.1, 0.15) is 100 Å². The number of carbonyl (C=O) groups is 2. The average Bonchev–Trinajstić information content (AvgIpc) is 3.69. The number of amides is 2. The number of nitrogens with one attached hydrogen (secondary N) is 1. The van der Waals surface area contributed by atoms with Crippen molar-refractivity contribution in [3.63, 3.8) is 0 Å². The fourth-order valence-electron chi connectivity index (χ4n) is 10.6. The molecule has 0 aromatic heterocycles. The molecule has 1 saturated heterocycles. The topological polar surface area (TPSA) is 93.1 Å². The van der Waals surface area contributed by atoms with E-state index in [2.05, 4.69) is 23.2 Å². The minimum absolute atomic E-state index is 0.00890. The van der Waals surface area contributed by atoms with Gasteiger partial charge in [-0.3, -0.25) is 14.5 Å². The van der Waals surface area contributed by atoms with E-state index in [1.807, 2.05) is 47.4 Å². The molecule has 2 amide bonds. The van der Waals surface area contributed by atoms with Crippen LogP contribution in [-0.2, 0) is 22.4 Å². The first kappa shape index (κ1) is 32.6. The highest BCUT2D eigenvalue weighted by Crippen LogP contribution is 2.64. The van der Waals surface area contributed by atoms with Crippen molar-refractivity contribution in [1.29, 1.82) is 0 Å². The first-order chi connectivity index (χ1) is 22.7. The molecule has 2 aromatic rings. The number of phenols is 1. The number of hydrogen-bond acceptors (Lipinski definition) is 5. The molecule has 7 nitrogen and oxygen atoms in total. The number of β-amino-alcohol motifs (C(OH)–C–C–N with tert-alkyl or cyclic N) is 1. The molecule has 47 heavy (non-hydrogen) atoms. The number of carbonyl (C=O) groups excluding carboxylic acids is 2. The summed E-state index contributed by atoms with van der Waals surface area (Å²) >= 11 is 0. The second kappa shape index (κ2) is 13.5. The van der Waals surface area contributed by atoms with Crippen LogP contribution in [0.5, 0.6) is 5.75 Å². The number of fused-ring (bicyclic) bond motifs is 5. The number of phenolic OH excluding ortho intramolecular Hbond substituents is 1. The van der Waals surface area contributed by atoms with Gasteiger partial charge in [0.15, 0.2) is 0 Å². The number of hydrogen-bond donors (Lipinski definition) is 3. The normalized spacial score (nSPS) is 31.5. The van der Waals surface area contributed by atoms with Gasteiger partial charge in [0.2, 0.25) is 11.8 Å². The van der Waals surface area contributed by atoms with Gasteiger partial charge < -0.3 is 20.4 Å². The maximum atomic E-state index is 13.9. The van der Waals surface area contributed by atoms with Gasteiger partial charge >= 0.3 is 0 Å². The number of benzene rings is 2. The van der Waals surface area contributed by atoms with Crippen LogP contribution in [0.3, 0.4) is 0 Å². The van der Waals surface area contributed by atoms with Crippen LogP contribution in [0.15, 0.2) is 48.5 Å². The molecule has 3 saturated carbocycles. The summed E-state index contributed by atoms with van der Waals surface area (Å²) in [6.45, 7) is 5.74. The van der Waals surface area contributed by atoms with Gasteiger partial charge in [0.25, 0.3) is 0 Å². The predicted octanol–water partition coefficient (Wildman–Crippen LogP) is 5.82. The largest absolute Gasteiger partial charge is 0.508 e. The lowest BCUT2D eigenvalue weighted by atomic mass is 9.53. The summed E-state index contributed by atoms with van der Waals surface area (Å²) < 4.78 is 0. The van der Waals surface area contributed by atoms with Crippen LogP contribution in [0.4, 0.5) is 0 Å². The third-order valence-corrected chi connectivity index (χ3v) is 13.4. The monoisotopic (exact) mass is 641 g/mol. The summed E-state index contributed by atoms with van der Waals surface area (Å²) in [6, 6.07) is 15.4. The van der Waals surface area contributed by atoms with E-state index in [1.54, 1.807) is 0 Å². The Kier molecular flexibility index (Phi) is 9.41. The lowest BCUT2D eigenvalue weighted by molar-refractivity contribution is -0.140. The average molecular weight is 642 g/mol. The van der Waals surface area contributed by atoms with Gasteiger partial charge in [-0.05, 0) is 97.4 Å². The number of aryl methyl sites for hydroxylation is 1. The molecule has 0 radical (unpaired) electrons. The van der Waals surface area contributed by atoms with Crippen molar-refractivity contribution >= 4 is 11.8 Å². The summed E-state index contributed by atoms with van der Waals surface area (Å²) in [5.41, 5.74) is 2.95. The molecule has 254 valence electrons. The van der Waals surface area contributed by atoms with Gasteiger partial charge in [0, 0.05) is 51.0 Å². The Morgan fingerprint density at radius 2 is 1.72 bits per heavy atom. The summed E-state index contributed by atoms with van der Waals surface area (Å²) in [5, 5.41) is 25.6. The molecule has 7 rings (SSSR count). The van der Waals surface area contributed by atoms with Crippen molar-refractivity contribution in [2.24, 2.45) is 23.2 Å². The second-order valence-corrected chi connectivity index (χ2v) is 15.9. The van der Waals surface area contributed by atoms with E-state index in [4.69, 9.17) is 0 Å². The third kappa shape index (κ3) is 6.59. The molecule has 2 aromatic carbocycles. The first-order valence-corrected chi connectivity index (χ1v) is 18.6. The Hall–Kier alpha value is -2.90. The van der Waals surface area contributed by atoms with Gasteiger partial charge in [0.1, 0.15) is 11.8 Å². The highest BCUT2D eigenvalue weighted by atomic mass is 16.3. The molecule has 7 heteroatoms. The Morgan fingerprint density at radius 1 is 0.957 bits per heavy atom. The molecule has 0 spiro atoms. The van der Waals surface area contributed by atoms with E-state index in [1.165, 1.54) is 36.8 Å². The van der Waals surface area contributed by atoms with E-state index in [0.29, 0.717) is 61.9 Å². The van der Waals surface area contributed by atoms with Crippen molar-refractivity contribution in [3.8, 4) is 5.75 Å². The summed E-state index contributed by atoms with van der Waals surface area (Å²) in [4.78, 5) is 31.3. The highest BCUT2D eigenvalue weighted by molar-refractivity contribution is 5.88. The molecule has 1 aliphatic heterocycles. The van der Waals surface area contributed by atoms with Crippen molar-refractivity contribution in [2.75, 3.05) is 32.7 Å². The maximum Gasteiger partial charge on any atom is 0.245 e. The van der Waals surface area contributed by atoms with Crippen LogP contribution < -0.4 is 5.32 Å². The third-order valence-electron chi connectivity index (χ3n) is 13.4. The van der Waals surface area contributed by atoms with Crippen LogP contribution >= 0.6 is 0 Å². The zero-order valence-electron chi connectivity index (χ0n) is 28.3. The molecule has 4 aliphatic carbocycles. The van der Waals surface area contributed by atoms with E-state index in [0.717, 1.165) is 63.6 Å². The minimum Gasteiger partial charge on any atom is -0.508 e. The molecule has 4 fully saturated rings. The Morgan fingerprint density at radius 3 is 2.49 bits per heavy atom. The lowest BCUT2D eigenvalue weighted by Gasteiger charge is -2.54. The van der Waals surface area contributed by atoms with Gasteiger partial charge in [-0.25, -0.2) is 0 Å². The first-order valence-electron chi connectivity index (χ1n) is 18.6. The van der Waals surface area contributed by atoms with Crippen molar-refractivity contribution in [1.82, 2.24) is 15.1 Å². The highest BCUT2D eigenvalue weighted by Gasteiger charge is 2.61. The summed E-state index contributed by atoms with van der Waals surface area (Å²) in [7, 11) is 0. The molecule has 1 heterocycles. The smallest absolute Gasteiger partial charge is 0.245 e. The maximum absolute atomic E-state index is 13.9. The van der Waals surface area contributed by atoms with E-state index in [-0.39, 0.29) is 17.2 Å². The fraction of sp³-hybridized carbons (Fsp3) is 0.650. The standard InChI is InChI=1S/C40H55N3O4/c1-39-19-17-33-32-15-13-31(44)26-30(32)12-14-34(33)35(39)18-20-40(39,47)27-42-21-23-43(24-22-42)38(46)36(25-29-9-3-2-4-10-29)41-37(45)16-11-28-7-5-6-8-28/h2-4,9-10,13,15,26,28,33-36,44,47H,5-8,11-12,14,16-25,27H2,1H3,(H,41,45)/t33-,34-,35+,36+,39+,40-/m1/s1. The predicted molar refractivity (Wildman–Crippen MR) is 184 cm³/mol. The number of rotatable bonds is 9. The lowest BCUT2D eigenvalue weighted by Crippen LogP contribution is -2.60. The quantitative estimate of drug-likeness (QED) is 0.321. The molecule has 5 aliphatic rings. The van der Waals surface area contributed by atoms with Crippen LogP contribution in [0, 0.1) is 23.2 Å². The number of piperazine rings is 1. The molecule has 6 atom stereocenters. The van der Waals surface area contributed by atoms with Crippen LogP contribution in [0.25, 0.3) is 0 Å². The van der Waals surface area contributed by atoms with E-state index >= 15 is 0 Å². The van der Waals surface area contributed by atoms with Crippen molar-refractivity contribution < 1.29 is 19.8 Å². The van der Waals surface area contributed by atoms with E-state index in [9.17, 15) is 19.8 Å². The number of nitrogens with zero attached hydrogens (tertiary/aromatic N) is 2.